The van der Waals surface area contributed by atoms with Crippen molar-refractivity contribution >= 4 is 39.2 Å². The van der Waals surface area contributed by atoms with E-state index in [9.17, 15) is 4.79 Å². The molecule has 0 fully saturated rings. The van der Waals surface area contributed by atoms with Gasteiger partial charge >= 0.3 is 0 Å². The minimum absolute atomic E-state index is 0.0684. The lowest BCUT2D eigenvalue weighted by atomic mass is 10.1. The van der Waals surface area contributed by atoms with Gasteiger partial charge in [-0.2, -0.15) is 0 Å². The number of hydrogen-bond donors (Lipinski definition) is 1. The predicted octanol–water partition coefficient (Wildman–Crippen LogP) is 3.95. The summed E-state index contributed by atoms with van der Waals surface area (Å²) in [5, 5.41) is 4.13. The molecule has 0 saturated carbocycles. The summed E-state index contributed by atoms with van der Waals surface area (Å²) in [5.41, 5.74) is 2.24. The number of amides is 1. The van der Waals surface area contributed by atoms with Gasteiger partial charge in [0.25, 0.3) is 0 Å². The van der Waals surface area contributed by atoms with E-state index in [2.05, 4.69) is 33.4 Å². The largest absolute Gasteiger partial charge is 0.353 e. The number of carbonyl (C=O) groups is 1. The number of rotatable bonds is 8. The van der Waals surface area contributed by atoms with E-state index in [0.29, 0.717) is 12.3 Å². The molecule has 1 heterocycles. The van der Waals surface area contributed by atoms with Gasteiger partial charge in [0.05, 0.1) is 22.0 Å². The van der Waals surface area contributed by atoms with Crippen molar-refractivity contribution in [3.05, 3.63) is 65.2 Å². The lowest BCUT2D eigenvalue weighted by Crippen LogP contribution is -2.35. The van der Waals surface area contributed by atoms with Gasteiger partial charge in [0.15, 0.2) is 0 Å². The fraction of sp³-hybridized carbons (Fsp3) is 0.300. The van der Waals surface area contributed by atoms with E-state index >= 15 is 0 Å². The van der Waals surface area contributed by atoms with E-state index in [1.807, 2.05) is 50.5 Å². The number of aromatic nitrogens is 1. The van der Waals surface area contributed by atoms with Crippen LogP contribution in [0.4, 0.5) is 0 Å². The summed E-state index contributed by atoms with van der Waals surface area (Å²) in [6.07, 6.45) is 0. The monoisotopic (exact) mass is 385 g/mol. The van der Waals surface area contributed by atoms with Crippen molar-refractivity contribution in [3.63, 3.8) is 0 Å². The van der Waals surface area contributed by atoms with Crippen LogP contribution in [0.1, 0.15) is 16.6 Å². The van der Waals surface area contributed by atoms with Crippen LogP contribution < -0.4 is 5.32 Å². The van der Waals surface area contributed by atoms with Crippen LogP contribution in [0.15, 0.2) is 54.6 Å². The molecule has 1 aromatic heterocycles. The maximum absolute atomic E-state index is 12.2. The molecule has 0 saturated heterocycles. The molecule has 0 aliphatic carbocycles. The molecule has 3 aromatic rings. The highest BCUT2D eigenvalue weighted by Gasteiger charge is 2.15. The third kappa shape index (κ3) is 5.06. The van der Waals surface area contributed by atoms with Crippen molar-refractivity contribution in [2.45, 2.75) is 11.8 Å². The lowest BCUT2D eigenvalue weighted by molar-refractivity contribution is -0.118. The Hall–Kier alpha value is -1.89. The van der Waals surface area contributed by atoms with Crippen LogP contribution in [-0.4, -0.2) is 42.2 Å². The highest BCUT2D eigenvalue weighted by molar-refractivity contribution is 7.99. The molecular weight excluding hydrogens is 362 g/mol. The van der Waals surface area contributed by atoms with E-state index in [1.165, 1.54) is 10.3 Å². The fourth-order valence-electron chi connectivity index (χ4n) is 2.75. The second kappa shape index (κ2) is 9.16. The third-order valence-corrected chi connectivity index (χ3v) is 6.26. The van der Waals surface area contributed by atoms with Gasteiger partial charge in [-0.15, -0.1) is 23.1 Å². The predicted molar refractivity (Wildman–Crippen MR) is 112 cm³/mol. The summed E-state index contributed by atoms with van der Waals surface area (Å²) in [5.74, 6) is 1.28. The Morgan fingerprint density at radius 1 is 1.15 bits per heavy atom. The molecule has 0 aliphatic heterocycles. The highest BCUT2D eigenvalue weighted by atomic mass is 32.2. The van der Waals surface area contributed by atoms with E-state index in [4.69, 9.17) is 0 Å². The average Bonchev–Trinajstić information content (AvgIpc) is 3.05. The summed E-state index contributed by atoms with van der Waals surface area (Å²) >= 11 is 3.31. The molecule has 1 atom stereocenters. The first-order valence-corrected chi connectivity index (χ1v) is 10.5. The summed E-state index contributed by atoms with van der Waals surface area (Å²) in [4.78, 5) is 18.9. The maximum atomic E-state index is 12.2. The molecular formula is C20H23N3OS2. The van der Waals surface area contributed by atoms with Gasteiger partial charge in [-0.1, -0.05) is 42.5 Å². The van der Waals surface area contributed by atoms with Crippen molar-refractivity contribution < 1.29 is 4.79 Å². The van der Waals surface area contributed by atoms with E-state index in [0.717, 1.165) is 16.3 Å². The van der Waals surface area contributed by atoms with Crippen LogP contribution in [0.2, 0.25) is 0 Å². The highest BCUT2D eigenvalue weighted by Crippen LogP contribution is 2.24. The van der Waals surface area contributed by atoms with Crippen molar-refractivity contribution in [1.29, 1.82) is 0 Å². The number of para-hydroxylation sites is 1. The molecule has 26 heavy (non-hydrogen) atoms. The number of carbonyl (C=O) groups excluding carboxylic acids is 1. The Balaban J connectivity index is 1.46. The molecule has 0 aliphatic rings. The van der Waals surface area contributed by atoms with Crippen molar-refractivity contribution in [1.82, 2.24) is 15.2 Å². The van der Waals surface area contributed by atoms with Crippen LogP contribution in [0.5, 0.6) is 0 Å². The molecule has 136 valence electrons. The van der Waals surface area contributed by atoms with Gasteiger partial charge < -0.3 is 10.2 Å². The van der Waals surface area contributed by atoms with Crippen LogP contribution >= 0.6 is 23.1 Å². The number of hydrogen-bond acceptors (Lipinski definition) is 5. The summed E-state index contributed by atoms with van der Waals surface area (Å²) in [6, 6.07) is 18.6. The average molecular weight is 386 g/mol. The smallest absolute Gasteiger partial charge is 0.230 e. The van der Waals surface area contributed by atoms with E-state index in [-0.39, 0.29) is 11.9 Å². The number of nitrogens with zero attached hydrogens (tertiary/aromatic N) is 2. The van der Waals surface area contributed by atoms with Crippen LogP contribution in [-0.2, 0) is 10.5 Å². The molecule has 1 amide bonds. The molecule has 0 radical (unpaired) electrons. The van der Waals surface area contributed by atoms with Gasteiger partial charge in [0.1, 0.15) is 5.01 Å². The molecule has 3 rings (SSSR count). The Labute approximate surface area is 162 Å². The molecule has 0 spiro atoms. The normalized spacial score (nSPS) is 12.4. The zero-order valence-corrected chi connectivity index (χ0v) is 16.6. The van der Waals surface area contributed by atoms with Crippen molar-refractivity contribution in [2.24, 2.45) is 0 Å². The molecule has 2 aromatic carbocycles. The minimum Gasteiger partial charge on any atom is -0.353 e. The number of thioether (sulfide) groups is 1. The van der Waals surface area contributed by atoms with Gasteiger partial charge in [-0.05, 0) is 31.8 Å². The first-order valence-electron chi connectivity index (χ1n) is 8.54. The summed E-state index contributed by atoms with van der Waals surface area (Å²) < 4.78 is 1.20. The quantitative estimate of drug-likeness (QED) is 0.638. The fourth-order valence-corrected chi connectivity index (χ4v) is 4.63. The number of nitrogens with one attached hydrogen (secondary N) is 1. The zero-order valence-electron chi connectivity index (χ0n) is 15.0. The first-order chi connectivity index (χ1) is 12.6. The SMILES string of the molecule is CN(C)C(CNC(=O)CSCc1nc2ccccc2s1)c1ccccc1. The third-order valence-electron chi connectivity index (χ3n) is 4.10. The Morgan fingerprint density at radius 3 is 2.62 bits per heavy atom. The molecule has 1 N–H and O–H groups in total. The van der Waals surface area contributed by atoms with Gasteiger partial charge in [-0.25, -0.2) is 4.98 Å². The maximum Gasteiger partial charge on any atom is 0.230 e. The summed E-state index contributed by atoms with van der Waals surface area (Å²) in [6.45, 7) is 0.609. The Bertz CT molecular complexity index is 815. The van der Waals surface area contributed by atoms with Crippen LogP contribution in [0, 0.1) is 0 Å². The van der Waals surface area contributed by atoms with Gasteiger partial charge in [0.2, 0.25) is 5.91 Å². The topological polar surface area (TPSA) is 45.2 Å². The van der Waals surface area contributed by atoms with Gasteiger partial charge in [-0.3, -0.25) is 4.79 Å². The Morgan fingerprint density at radius 2 is 1.88 bits per heavy atom. The van der Waals surface area contributed by atoms with E-state index in [1.54, 1.807) is 23.1 Å². The molecule has 4 nitrogen and oxygen atoms in total. The molecule has 6 heteroatoms. The summed E-state index contributed by atoms with van der Waals surface area (Å²) in [7, 11) is 4.07. The standard InChI is InChI=1S/C20H23N3OS2/c1-23(2)17(15-8-4-3-5-9-15)12-21-19(24)13-25-14-20-22-16-10-6-7-11-18(16)26-20/h3-11,17H,12-14H2,1-2H3,(H,21,24). The van der Waals surface area contributed by atoms with Gasteiger partial charge in [0, 0.05) is 12.3 Å². The molecule has 0 bridgehead atoms. The molecule has 1 unspecified atom stereocenters. The Kier molecular flexibility index (Phi) is 6.66. The van der Waals surface area contributed by atoms with E-state index < -0.39 is 0 Å². The second-order valence-electron chi connectivity index (χ2n) is 6.26. The number of likely N-dealkylation sites (N-methyl/N-ethyl adjacent to an activating group) is 1. The minimum atomic E-state index is 0.0684. The number of benzene rings is 2. The van der Waals surface area contributed by atoms with Crippen molar-refractivity contribution in [3.8, 4) is 0 Å². The number of thiazole rings is 1. The van der Waals surface area contributed by atoms with Crippen molar-refractivity contribution in [2.75, 3.05) is 26.4 Å². The first kappa shape index (κ1) is 18.9. The number of fused-ring (bicyclic) bond motifs is 1. The van der Waals surface area contributed by atoms with Crippen LogP contribution in [0.3, 0.4) is 0 Å². The lowest BCUT2D eigenvalue weighted by Gasteiger charge is -2.25. The van der Waals surface area contributed by atoms with Crippen LogP contribution in [0.25, 0.3) is 10.2 Å². The second-order valence-corrected chi connectivity index (χ2v) is 8.36. The zero-order chi connectivity index (χ0) is 18.4.